The number of aromatic nitrogens is 3. The van der Waals surface area contributed by atoms with Crippen LogP contribution in [0.3, 0.4) is 0 Å². The Hall–Kier alpha value is -3.33. The van der Waals surface area contributed by atoms with E-state index in [0.717, 1.165) is 4.68 Å². The van der Waals surface area contributed by atoms with Crippen molar-refractivity contribution in [1.29, 1.82) is 0 Å². The van der Waals surface area contributed by atoms with Crippen LogP contribution in [0.15, 0.2) is 46.7 Å². The van der Waals surface area contributed by atoms with Gasteiger partial charge in [0.15, 0.2) is 5.13 Å². The van der Waals surface area contributed by atoms with Crippen molar-refractivity contribution in [3.8, 4) is 0 Å². The SMILES string of the molecule is Cc1c(NC(=O)c2ccc(=O)n(C)n2)cccc1C(=O)Nc1nccs1. The molecule has 0 aliphatic rings. The summed E-state index contributed by atoms with van der Waals surface area (Å²) in [5.41, 5.74) is 1.31. The third-order valence-electron chi connectivity index (χ3n) is 3.67. The Labute approximate surface area is 152 Å². The number of hydrogen-bond donors (Lipinski definition) is 2. The monoisotopic (exact) mass is 369 g/mol. The van der Waals surface area contributed by atoms with Crippen molar-refractivity contribution in [3.05, 3.63) is 69.1 Å². The van der Waals surface area contributed by atoms with Crippen LogP contribution in [0.4, 0.5) is 10.8 Å². The van der Waals surface area contributed by atoms with Gasteiger partial charge in [-0.2, -0.15) is 5.10 Å². The molecule has 0 saturated carbocycles. The van der Waals surface area contributed by atoms with Crippen LogP contribution < -0.4 is 16.2 Å². The van der Waals surface area contributed by atoms with Crippen molar-refractivity contribution >= 4 is 34.0 Å². The summed E-state index contributed by atoms with van der Waals surface area (Å²) in [5, 5.41) is 11.6. The van der Waals surface area contributed by atoms with E-state index in [2.05, 4.69) is 20.7 Å². The van der Waals surface area contributed by atoms with Crippen molar-refractivity contribution in [2.45, 2.75) is 6.92 Å². The Balaban J connectivity index is 1.82. The van der Waals surface area contributed by atoms with Crippen LogP contribution in [0, 0.1) is 6.92 Å². The fraction of sp³-hybridized carbons (Fsp3) is 0.118. The first-order valence-electron chi connectivity index (χ1n) is 7.62. The third kappa shape index (κ3) is 3.67. The Morgan fingerprint density at radius 3 is 2.62 bits per heavy atom. The highest BCUT2D eigenvalue weighted by Gasteiger charge is 2.15. The Morgan fingerprint density at radius 2 is 1.92 bits per heavy atom. The summed E-state index contributed by atoms with van der Waals surface area (Å²) in [5.74, 6) is -0.782. The molecule has 9 heteroatoms. The van der Waals surface area contributed by atoms with Crippen LogP contribution in [0.25, 0.3) is 0 Å². The normalized spacial score (nSPS) is 10.4. The van der Waals surface area contributed by atoms with Gasteiger partial charge in [-0.3, -0.25) is 19.7 Å². The summed E-state index contributed by atoms with van der Waals surface area (Å²) in [6, 6.07) is 7.65. The summed E-state index contributed by atoms with van der Waals surface area (Å²) < 4.78 is 1.08. The zero-order chi connectivity index (χ0) is 18.7. The summed E-state index contributed by atoms with van der Waals surface area (Å²) in [7, 11) is 1.47. The lowest BCUT2D eigenvalue weighted by molar-refractivity contribution is 0.101. The maximum Gasteiger partial charge on any atom is 0.276 e. The van der Waals surface area contributed by atoms with Crippen molar-refractivity contribution in [1.82, 2.24) is 14.8 Å². The van der Waals surface area contributed by atoms with Crippen molar-refractivity contribution < 1.29 is 9.59 Å². The van der Waals surface area contributed by atoms with Gasteiger partial charge in [0.05, 0.1) is 0 Å². The smallest absolute Gasteiger partial charge is 0.276 e. The number of nitrogens with zero attached hydrogens (tertiary/aromatic N) is 3. The number of thiazole rings is 1. The Morgan fingerprint density at radius 1 is 1.12 bits per heavy atom. The molecule has 2 amide bonds. The molecular formula is C17H15N5O3S. The predicted octanol–water partition coefficient (Wildman–Crippen LogP) is 2.05. The fourth-order valence-electron chi connectivity index (χ4n) is 2.28. The fourth-order valence-corrected chi connectivity index (χ4v) is 2.80. The first-order valence-corrected chi connectivity index (χ1v) is 8.50. The number of benzene rings is 1. The molecule has 8 nitrogen and oxygen atoms in total. The van der Waals surface area contributed by atoms with Gasteiger partial charge in [0.2, 0.25) is 0 Å². The lowest BCUT2D eigenvalue weighted by atomic mass is 10.1. The second-order valence-corrected chi connectivity index (χ2v) is 6.30. The number of carbonyl (C=O) groups excluding carboxylic acids is 2. The standard InChI is InChI=1S/C17H15N5O3S/c1-10-11(15(24)20-17-18-8-9-26-17)4-3-5-12(10)19-16(25)13-6-7-14(23)22(2)21-13/h3-9H,1-2H3,(H,19,25)(H,18,20,24). The Bertz CT molecular complexity index is 1030. The van der Waals surface area contributed by atoms with Gasteiger partial charge < -0.3 is 5.32 Å². The van der Waals surface area contributed by atoms with Crippen LogP contribution in [0.5, 0.6) is 0 Å². The molecule has 3 aromatic rings. The van der Waals surface area contributed by atoms with E-state index in [4.69, 9.17) is 0 Å². The highest BCUT2D eigenvalue weighted by molar-refractivity contribution is 7.13. The minimum Gasteiger partial charge on any atom is -0.320 e. The summed E-state index contributed by atoms with van der Waals surface area (Å²) in [6.45, 7) is 1.74. The molecule has 0 unspecified atom stereocenters. The summed E-state index contributed by atoms with van der Waals surface area (Å²) in [6.07, 6.45) is 1.60. The number of nitrogens with one attached hydrogen (secondary N) is 2. The Kier molecular flexibility index (Phi) is 4.90. The second kappa shape index (κ2) is 7.28. The van der Waals surface area contributed by atoms with E-state index in [0.29, 0.717) is 21.9 Å². The minimum absolute atomic E-state index is 0.101. The largest absolute Gasteiger partial charge is 0.320 e. The average Bonchev–Trinajstić information content (AvgIpc) is 3.12. The van der Waals surface area contributed by atoms with Crippen molar-refractivity contribution in [2.24, 2.45) is 7.05 Å². The van der Waals surface area contributed by atoms with E-state index in [1.165, 1.54) is 30.5 Å². The zero-order valence-corrected chi connectivity index (χ0v) is 14.8. The molecule has 0 aliphatic heterocycles. The van der Waals surface area contributed by atoms with E-state index in [1.54, 1.807) is 36.7 Å². The van der Waals surface area contributed by atoms with E-state index in [9.17, 15) is 14.4 Å². The number of rotatable bonds is 4. The van der Waals surface area contributed by atoms with E-state index >= 15 is 0 Å². The van der Waals surface area contributed by atoms with E-state index < -0.39 is 5.91 Å². The van der Waals surface area contributed by atoms with E-state index in [-0.39, 0.29) is 17.2 Å². The number of hydrogen-bond acceptors (Lipinski definition) is 6. The highest BCUT2D eigenvalue weighted by atomic mass is 32.1. The quantitative estimate of drug-likeness (QED) is 0.732. The van der Waals surface area contributed by atoms with Crippen LogP contribution in [0.1, 0.15) is 26.4 Å². The molecule has 0 bridgehead atoms. The van der Waals surface area contributed by atoms with E-state index in [1.807, 2.05) is 0 Å². The van der Waals surface area contributed by atoms with Gasteiger partial charge in [0.1, 0.15) is 5.69 Å². The van der Waals surface area contributed by atoms with Gasteiger partial charge in [0, 0.05) is 35.9 Å². The average molecular weight is 369 g/mol. The number of aryl methyl sites for hydroxylation is 1. The number of amides is 2. The number of anilines is 2. The maximum absolute atomic E-state index is 12.4. The number of carbonyl (C=O) groups is 2. The molecule has 0 spiro atoms. The topological polar surface area (TPSA) is 106 Å². The molecule has 26 heavy (non-hydrogen) atoms. The molecule has 1 aromatic carbocycles. The first-order chi connectivity index (χ1) is 12.5. The van der Waals surface area contributed by atoms with Gasteiger partial charge >= 0.3 is 0 Å². The lowest BCUT2D eigenvalue weighted by Crippen LogP contribution is -2.24. The molecule has 0 aliphatic carbocycles. The highest BCUT2D eigenvalue weighted by Crippen LogP contribution is 2.21. The molecule has 132 valence electrons. The summed E-state index contributed by atoms with van der Waals surface area (Å²) >= 11 is 1.32. The van der Waals surface area contributed by atoms with Gasteiger partial charge in [-0.15, -0.1) is 11.3 Å². The molecule has 0 saturated heterocycles. The molecule has 3 rings (SSSR count). The second-order valence-electron chi connectivity index (χ2n) is 5.40. The molecule has 0 fully saturated rings. The molecule has 2 heterocycles. The molecule has 2 N–H and O–H groups in total. The van der Waals surface area contributed by atoms with Gasteiger partial charge in [-0.1, -0.05) is 6.07 Å². The first kappa shape index (κ1) is 17.5. The van der Waals surface area contributed by atoms with Gasteiger partial charge in [0.25, 0.3) is 17.4 Å². The molecule has 2 aromatic heterocycles. The maximum atomic E-state index is 12.4. The molecule has 0 radical (unpaired) electrons. The van der Waals surface area contributed by atoms with Crippen LogP contribution in [0.2, 0.25) is 0 Å². The van der Waals surface area contributed by atoms with Crippen LogP contribution in [-0.4, -0.2) is 26.6 Å². The molecular weight excluding hydrogens is 354 g/mol. The van der Waals surface area contributed by atoms with Gasteiger partial charge in [-0.25, -0.2) is 9.67 Å². The van der Waals surface area contributed by atoms with Gasteiger partial charge in [-0.05, 0) is 30.7 Å². The predicted molar refractivity (Wildman–Crippen MR) is 98.7 cm³/mol. The molecule has 0 atom stereocenters. The van der Waals surface area contributed by atoms with Crippen molar-refractivity contribution in [2.75, 3.05) is 10.6 Å². The third-order valence-corrected chi connectivity index (χ3v) is 4.36. The minimum atomic E-state index is -0.471. The summed E-state index contributed by atoms with van der Waals surface area (Å²) in [4.78, 5) is 40.2. The zero-order valence-electron chi connectivity index (χ0n) is 14.0. The lowest BCUT2D eigenvalue weighted by Gasteiger charge is -2.12. The van der Waals surface area contributed by atoms with Crippen molar-refractivity contribution in [3.63, 3.8) is 0 Å². The van der Waals surface area contributed by atoms with Crippen LogP contribution in [-0.2, 0) is 7.05 Å². The van der Waals surface area contributed by atoms with Crippen LogP contribution >= 0.6 is 11.3 Å².